The fourth-order valence-electron chi connectivity index (χ4n) is 3.22. The number of aromatic nitrogens is 1. The summed E-state index contributed by atoms with van der Waals surface area (Å²) in [6, 6.07) is 17.9. The standard InChI is InChI=1S/C21H20N4OS/c1-3-22-21-25(18(14-27-21)15-10-6-5-7-11-15)23-19-16-12-8-9-13-17(16)24(4-2)20(19)26/h5-14H,3-4H2,1-2H3. The number of hydrogen-bond donors (Lipinski definition) is 0. The first-order valence-electron chi connectivity index (χ1n) is 9.01. The van der Waals surface area contributed by atoms with Crippen LogP contribution in [0.4, 0.5) is 5.69 Å². The monoisotopic (exact) mass is 376 g/mol. The molecule has 0 spiro atoms. The number of likely N-dealkylation sites (N-methyl/N-ethyl adjacent to an activating group) is 1. The van der Waals surface area contributed by atoms with Crippen LogP contribution in [0, 0.1) is 0 Å². The van der Waals surface area contributed by atoms with E-state index in [4.69, 9.17) is 5.10 Å². The van der Waals surface area contributed by atoms with Gasteiger partial charge in [0.1, 0.15) is 0 Å². The zero-order valence-corrected chi connectivity index (χ0v) is 16.1. The van der Waals surface area contributed by atoms with Crippen molar-refractivity contribution in [2.75, 3.05) is 18.0 Å². The summed E-state index contributed by atoms with van der Waals surface area (Å²) in [7, 11) is 0. The van der Waals surface area contributed by atoms with Gasteiger partial charge < -0.3 is 4.90 Å². The zero-order valence-electron chi connectivity index (χ0n) is 15.3. The molecule has 0 unspecified atom stereocenters. The van der Waals surface area contributed by atoms with E-state index in [1.54, 1.807) is 9.58 Å². The summed E-state index contributed by atoms with van der Waals surface area (Å²) < 4.78 is 1.80. The van der Waals surface area contributed by atoms with E-state index < -0.39 is 0 Å². The lowest BCUT2D eigenvalue weighted by atomic mass is 10.1. The van der Waals surface area contributed by atoms with Crippen LogP contribution in [0.2, 0.25) is 0 Å². The van der Waals surface area contributed by atoms with E-state index in [1.165, 1.54) is 11.3 Å². The molecule has 136 valence electrons. The molecular formula is C21H20N4OS. The van der Waals surface area contributed by atoms with Crippen molar-refractivity contribution in [2.24, 2.45) is 10.1 Å². The number of carbonyl (C=O) groups is 1. The maximum absolute atomic E-state index is 13.0. The number of benzene rings is 2. The van der Waals surface area contributed by atoms with Crippen LogP contribution in [0.25, 0.3) is 11.3 Å². The number of amides is 1. The van der Waals surface area contributed by atoms with Gasteiger partial charge in [0.05, 0.1) is 11.4 Å². The molecule has 0 saturated carbocycles. The van der Waals surface area contributed by atoms with Gasteiger partial charge in [0.15, 0.2) is 5.71 Å². The fourth-order valence-corrected chi connectivity index (χ4v) is 4.11. The molecule has 2 heterocycles. The molecule has 3 aromatic rings. The van der Waals surface area contributed by atoms with Gasteiger partial charge in [0, 0.05) is 29.6 Å². The van der Waals surface area contributed by atoms with E-state index >= 15 is 0 Å². The highest BCUT2D eigenvalue weighted by atomic mass is 32.1. The van der Waals surface area contributed by atoms with Crippen molar-refractivity contribution >= 4 is 28.6 Å². The number of anilines is 1. The number of hydrogen-bond acceptors (Lipinski definition) is 4. The number of thiazole rings is 1. The molecule has 0 atom stereocenters. The average molecular weight is 376 g/mol. The topological polar surface area (TPSA) is 50.0 Å². The Hall–Kier alpha value is -2.99. The SMILES string of the molecule is CCN=c1scc(-c2ccccc2)n1N=C1C(=O)N(CC)c2ccccc21. The van der Waals surface area contributed by atoms with E-state index in [0.29, 0.717) is 18.8 Å². The number of para-hydroxylation sites is 1. The lowest BCUT2D eigenvalue weighted by molar-refractivity contribution is -0.112. The molecule has 1 amide bonds. The number of carbonyl (C=O) groups excluding carboxylic acids is 1. The van der Waals surface area contributed by atoms with Crippen molar-refractivity contribution < 1.29 is 4.79 Å². The molecular weight excluding hydrogens is 356 g/mol. The van der Waals surface area contributed by atoms with Crippen LogP contribution in [0.5, 0.6) is 0 Å². The maximum Gasteiger partial charge on any atom is 0.279 e. The minimum Gasteiger partial charge on any atom is -0.307 e. The molecule has 5 nitrogen and oxygen atoms in total. The quantitative estimate of drug-likeness (QED) is 0.684. The van der Waals surface area contributed by atoms with Gasteiger partial charge in [-0.1, -0.05) is 48.5 Å². The van der Waals surface area contributed by atoms with Crippen LogP contribution >= 0.6 is 11.3 Å². The first kappa shape index (κ1) is 17.4. The molecule has 0 fully saturated rings. The second-order valence-electron chi connectivity index (χ2n) is 6.07. The summed E-state index contributed by atoms with van der Waals surface area (Å²) in [5, 5.41) is 6.83. The Balaban J connectivity index is 1.93. The summed E-state index contributed by atoms with van der Waals surface area (Å²) in [5.41, 5.74) is 4.21. The molecule has 0 radical (unpaired) electrons. The largest absolute Gasteiger partial charge is 0.307 e. The molecule has 1 aliphatic heterocycles. The highest BCUT2D eigenvalue weighted by Crippen LogP contribution is 2.29. The molecule has 4 rings (SSSR count). The molecule has 2 aromatic carbocycles. The van der Waals surface area contributed by atoms with Gasteiger partial charge in [-0.15, -0.1) is 11.3 Å². The number of fused-ring (bicyclic) bond motifs is 1. The molecule has 6 heteroatoms. The molecule has 1 aromatic heterocycles. The lowest BCUT2D eigenvalue weighted by Crippen LogP contribution is -2.30. The van der Waals surface area contributed by atoms with Crippen LogP contribution < -0.4 is 9.70 Å². The van der Waals surface area contributed by atoms with Crippen molar-refractivity contribution in [3.8, 4) is 11.3 Å². The predicted octanol–water partition coefficient (Wildman–Crippen LogP) is 3.76. The Morgan fingerprint density at radius 2 is 1.74 bits per heavy atom. The molecule has 0 bridgehead atoms. The maximum atomic E-state index is 13.0. The Morgan fingerprint density at radius 1 is 1.00 bits per heavy atom. The molecule has 0 saturated heterocycles. The van der Waals surface area contributed by atoms with Gasteiger partial charge in [-0.05, 0) is 19.9 Å². The van der Waals surface area contributed by atoms with Crippen LogP contribution in [0.1, 0.15) is 19.4 Å². The third kappa shape index (κ3) is 3.02. The number of nitrogens with zero attached hydrogens (tertiary/aromatic N) is 4. The normalized spacial score (nSPS) is 15.6. The van der Waals surface area contributed by atoms with Crippen molar-refractivity contribution in [1.82, 2.24) is 4.68 Å². The minimum absolute atomic E-state index is 0.0705. The van der Waals surface area contributed by atoms with E-state index in [1.807, 2.05) is 73.8 Å². The summed E-state index contributed by atoms with van der Waals surface area (Å²) in [6.07, 6.45) is 0. The van der Waals surface area contributed by atoms with Gasteiger partial charge in [0.2, 0.25) is 4.80 Å². The summed E-state index contributed by atoms with van der Waals surface area (Å²) in [4.78, 5) is 20.1. The summed E-state index contributed by atoms with van der Waals surface area (Å²) >= 11 is 1.53. The predicted molar refractivity (Wildman–Crippen MR) is 110 cm³/mol. The highest BCUT2D eigenvalue weighted by molar-refractivity contribution is 7.07. The van der Waals surface area contributed by atoms with Gasteiger partial charge >= 0.3 is 0 Å². The van der Waals surface area contributed by atoms with Crippen molar-refractivity contribution in [3.63, 3.8) is 0 Å². The van der Waals surface area contributed by atoms with Crippen molar-refractivity contribution in [1.29, 1.82) is 0 Å². The highest BCUT2D eigenvalue weighted by Gasteiger charge is 2.33. The van der Waals surface area contributed by atoms with Crippen LogP contribution in [0.3, 0.4) is 0 Å². The third-order valence-electron chi connectivity index (χ3n) is 4.46. The Labute approximate surface area is 161 Å². The fraction of sp³-hybridized carbons (Fsp3) is 0.190. The van der Waals surface area contributed by atoms with Gasteiger partial charge in [-0.3, -0.25) is 9.79 Å². The minimum atomic E-state index is -0.0705. The van der Waals surface area contributed by atoms with E-state index in [0.717, 1.165) is 27.3 Å². The summed E-state index contributed by atoms with van der Waals surface area (Å²) in [6.45, 7) is 5.24. The Morgan fingerprint density at radius 3 is 2.48 bits per heavy atom. The smallest absolute Gasteiger partial charge is 0.279 e. The second kappa shape index (κ2) is 7.32. The first-order valence-corrected chi connectivity index (χ1v) is 9.89. The van der Waals surface area contributed by atoms with Gasteiger partial charge in [-0.2, -0.15) is 5.10 Å². The second-order valence-corrected chi connectivity index (χ2v) is 6.91. The number of rotatable bonds is 4. The average Bonchev–Trinajstić information content (AvgIpc) is 3.22. The van der Waals surface area contributed by atoms with Crippen LogP contribution in [-0.2, 0) is 4.79 Å². The van der Waals surface area contributed by atoms with Gasteiger partial charge in [-0.25, -0.2) is 4.68 Å². The molecule has 1 aliphatic rings. The lowest BCUT2D eigenvalue weighted by Gasteiger charge is -2.13. The van der Waals surface area contributed by atoms with Crippen LogP contribution in [-0.4, -0.2) is 29.4 Å². The third-order valence-corrected chi connectivity index (χ3v) is 5.32. The Bertz CT molecular complexity index is 1080. The zero-order chi connectivity index (χ0) is 18.8. The van der Waals surface area contributed by atoms with E-state index in [2.05, 4.69) is 4.99 Å². The van der Waals surface area contributed by atoms with E-state index in [-0.39, 0.29) is 5.91 Å². The van der Waals surface area contributed by atoms with Crippen molar-refractivity contribution in [3.05, 3.63) is 70.3 Å². The molecule has 0 aliphatic carbocycles. The summed E-state index contributed by atoms with van der Waals surface area (Å²) in [5.74, 6) is -0.0705. The van der Waals surface area contributed by atoms with E-state index in [9.17, 15) is 4.79 Å². The van der Waals surface area contributed by atoms with Crippen LogP contribution in [0.15, 0.2) is 70.1 Å². The molecule has 27 heavy (non-hydrogen) atoms. The van der Waals surface area contributed by atoms with Crippen molar-refractivity contribution in [2.45, 2.75) is 13.8 Å². The first-order chi connectivity index (χ1) is 13.2. The van der Waals surface area contributed by atoms with Gasteiger partial charge in [0.25, 0.3) is 5.91 Å². The Kier molecular flexibility index (Phi) is 4.73. The molecule has 0 N–H and O–H groups in total.